The Hall–Kier alpha value is -1.87. The van der Waals surface area contributed by atoms with E-state index in [9.17, 15) is 18.3 Å². The number of nitrogens with two attached hydrogens (primary N) is 1. The first-order valence-electron chi connectivity index (χ1n) is 6.22. The van der Waals surface area contributed by atoms with E-state index < -0.39 is 17.9 Å². The number of ether oxygens (including phenoxy) is 1. The summed E-state index contributed by atoms with van der Waals surface area (Å²) in [6.45, 7) is 0.437. The van der Waals surface area contributed by atoms with Crippen molar-refractivity contribution in [3.63, 3.8) is 0 Å². The van der Waals surface area contributed by atoms with Crippen molar-refractivity contribution in [3.8, 4) is 0 Å². The smallest absolute Gasteiger partial charge is 0.394 e. The molecule has 1 atom stereocenters. The van der Waals surface area contributed by atoms with Crippen LogP contribution in [-0.4, -0.2) is 48.3 Å². The van der Waals surface area contributed by atoms with Crippen LogP contribution in [0.1, 0.15) is 11.3 Å². The van der Waals surface area contributed by atoms with Gasteiger partial charge in [-0.15, -0.1) is 0 Å². The number of halogens is 3. The van der Waals surface area contributed by atoms with Crippen LogP contribution >= 0.6 is 0 Å². The molecule has 0 aromatic carbocycles. The molecule has 1 aromatic heterocycles. The van der Waals surface area contributed by atoms with E-state index in [1.807, 2.05) is 0 Å². The van der Waals surface area contributed by atoms with Gasteiger partial charge >= 0.3 is 6.18 Å². The second kappa shape index (κ2) is 5.86. The van der Waals surface area contributed by atoms with Crippen molar-refractivity contribution in [3.05, 3.63) is 23.4 Å². The molecular formula is C12H15F3N4O2. The van der Waals surface area contributed by atoms with Crippen LogP contribution in [0.2, 0.25) is 0 Å². The van der Waals surface area contributed by atoms with Gasteiger partial charge < -0.3 is 20.5 Å². The number of nitrogen functional groups attached to an aromatic ring is 1. The van der Waals surface area contributed by atoms with Gasteiger partial charge in [-0.2, -0.15) is 13.2 Å². The van der Waals surface area contributed by atoms with Gasteiger partial charge in [0.2, 0.25) is 0 Å². The van der Waals surface area contributed by atoms with E-state index in [0.717, 1.165) is 12.1 Å². The number of aromatic nitrogens is 1. The highest BCUT2D eigenvalue weighted by atomic mass is 19.4. The predicted molar refractivity (Wildman–Crippen MR) is 69.3 cm³/mol. The van der Waals surface area contributed by atoms with E-state index >= 15 is 0 Å². The number of rotatable bonds is 3. The number of nitrogens with zero attached hydrogens (tertiary/aromatic N) is 2. The van der Waals surface area contributed by atoms with Crippen LogP contribution in [0.15, 0.2) is 12.1 Å². The van der Waals surface area contributed by atoms with Crippen molar-refractivity contribution in [2.75, 3.05) is 31.3 Å². The summed E-state index contributed by atoms with van der Waals surface area (Å²) in [5, 5.41) is 16.8. The number of morpholine rings is 1. The Kier molecular flexibility index (Phi) is 4.33. The number of amidine groups is 1. The largest absolute Gasteiger partial charge is 0.433 e. The van der Waals surface area contributed by atoms with Crippen molar-refractivity contribution in [2.45, 2.75) is 12.2 Å². The Bertz CT molecular complexity index is 536. The molecule has 0 spiro atoms. The van der Waals surface area contributed by atoms with E-state index in [4.69, 9.17) is 15.9 Å². The third kappa shape index (κ3) is 3.24. The maximum Gasteiger partial charge on any atom is 0.433 e. The Morgan fingerprint density at radius 3 is 2.81 bits per heavy atom. The Morgan fingerprint density at radius 2 is 2.24 bits per heavy atom. The molecule has 1 fully saturated rings. The summed E-state index contributed by atoms with van der Waals surface area (Å²) in [7, 11) is 0. The lowest BCUT2D eigenvalue weighted by Crippen LogP contribution is -2.49. The van der Waals surface area contributed by atoms with Gasteiger partial charge in [-0.05, 0) is 12.1 Å². The summed E-state index contributed by atoms with van der Waals surface area (Å²) in [5.74, 6) is -0.436. The van der Waals surface area contributed by atoms with Gasteiger partial charge in [-0.3, -0.25) is 5.41 Å². The van der Waals surface area contributed by atoms with E-state index in [2.05, 4.69) is 4.98 Å². The fourth-order valence-electron chi connectivity index (χ4n) is 2.12. The van der Waals surface area contributed by atoms with E-state index in [1.165, 1.54) is 4.90 Å². The molecular weight excluding hydrogens is 289 g/mol. The molecule has 9 heteroatoms. The van der Waals surface area contributed by atoms with Crippen LogP contribution in [0.25, 0.3) is 0 Å². The molecule has 0 amide bonds. The Balaban J connectivity index is 2.49. The lowest BCUT2D eigenvalue weighted by Gasteiger charge is -2.36. The molecule has 6 nitrogen and oxygen atoms in total. The first kappa shape index (κ1) is 15.5. The van der Waals surface area contributed by atoms with Crippen LogP contribution in [0.5, 0.6) is 0 Å². The molecule has 116 valence electrons. The molecule has 1 aliphatic heterocycles. The van der Waals surface area contributed by atoms with Crippen molar-refractivity contribution in [1.29, 1.82) is 5.41 Å². The van der Waals surface area contributed by atoms with Crippen molar-refractivity contribution >= 4 is 11.7 Å². The third-order valence-corrected chi connectivity index (χ3v) is 3.17. The molecule has 21 heavy (non-hydrogen) atoms. The maximum atomic E-state index is 12.8. The highest BCUT2D eigenvalue weighted by Gasteiger charge is 2.35. The normalized spacial score (nSPS) is 19.6. The monoisotopic (exact) mass is 304 g/mol. The number of aliphatic hydroxyl groups is 1. The van der Waals surface area contributed by atoms with Gasteiger partial charge in [-0.1, -0.05) is 0 Å². The van der Waals surface area contributed by atoms with Gasteiger partial charge in [0, 0.05) is 6.54 Å². The van der Waals surface area contributed by atoms with Crippen LogP contribution in [0.4, 0.5) is 19.0 Å². The average molecular weight is 304 g/mol. The SMILES string of the molecule is N=C(N)c1ccc(C(F)(F)F)nc1N1CCOCC1CO. The van der Waals surface area contributed by atoms with Crippen LogP contribution in [0.3, 0.4) is 0 Å². The summed E-state index contributed by atoms with van der Waals surface area (Å²) < 4.78 is 43.6. The zero-order valence-electron chi connectivity index (χ0n) is 11.0. The summed E-state index contributed by atoms with van der Waals surface area (Å²) in [6, 6.07) is 1.39. The predicted octanol–water partition coefficient (Wildman–Crippen LogP) is 0.582. The zero-order valence-corrected chi connectivity index (χ0v) is 11.0. The number of pyridine rings is 1. The highest BCUT2D eigenvalue weighted by molar-refractivity contribution is 5.99. The minimum atomic E-state index is -4.59. The highest BCUT2D eigenvalue weighted by Crippen LogP contribution is 2.31. The third-order valence-electron chi connectivity index (χ3n) is 3.17. The lowest BCUT2D eigenvalue weighted by molar-refractivity contribution is -0.141. The number of alkyl halides is 3. The minimum Gasteiger partial charge on any atom is -0.394 e. The van der Waals surface area contributed by atoms with E-state index in [0.29, 0.717) is 6.61 Å². The topological polar surface area (TPSA) is 95.5 Å². The van der Waals surface area contributed by atoms with E-state index in [1.54, 1.807) is 0 Å². The van der Waals surface area contributed by atoms with Gasteiger partial charge in [0.25, 0.3) is 0 Å². The number of hydrogen-bond donors (Lipinski definition) is 3. The minimum absolute atomic E-state index is 0.0559. The van der Waals surface area contributed by atoms with Crippen LogP contribution in [-0.2, 0) is 10.9 Å². The fraction of sp³-hybridized carbons (Fsp3) is 0.500. The molecule has 1 saturated heterocycles. The van der Waals surface area contributed by atoms with Crippen LogP contribution < -0.4 is 10.6 Å². The molecule has 0 bridgehead atoms. The summed E-state index contributed by atoms with van der Waals surface area (Å²) in [6.07, 6.45) is -4.59. The Morgan fingerprint density at radius 1 is 1.52 bits per heavy atom. The molecule has 0 aliphatic carbocycles. The first-order valence-corrected chi connectivity index (χ1v) is 6.22. The summed E-state index contributed by atoms with van der Waals surface area (Å²) in [5.41, 5.74) is 4.45. The summed E-state index contributed by atoms with van der Waals surface area (Å²) >= 11 is 0. The van der Waals surface area contributed by atoms with Crippen molar-refractivity contribution in [1.82, 2.24) is 4.98 Å². The van der Waals surface area contributed by atoms with Crippen molar-refractivity contribution in [2.24, 2.45) is 5.73 Å². The number of nitrogens with one attached hydrogen (secondary N) is 1. The van der Waals surface area contributed by atoms with Crippen molar-refractivity contribution < 1.29 is 23.0 Å². The van der Waals surface area contributed by atoms with Crippen LogP contribution in [0, 0.1) is 5.41 Å². The summed E-state index contributed by atoms with van der Waals surface area (Å²) in [4.78, 5) is 5.10. The number of aliphatic hydroxyl groups excluding tert-OH is 1. The standard InChI is InChI=1S/C12H15F3N4O2/c13-12(14,15)9-2-1-8(10(16)17)11(18-9)19-3-4-21-6-7(19)5-20/h1-2,7,20H,3-6H2,(H3,16,17). The fourth-order valence-corrected chi connectivity index (χ4v) is 2.12. The van der Waals surface area contributed by atoms with Gasteiger partial charge in [0.1, 0.15) is 17.3 Å². The molecule has 0 radical (unpaired) electrons. The number of hydrogen-bond acceptors (Lipinski definition) is 5. The van der Waals surface area contributed by atoms with Gasteiger partial charge in [0.05, 0.1) is 31.4 Å². The zero-order chi connectivity index (χ0) is 15.6. The van der Waals surface area contributed by atoms with E-state index in [-0.39, 0.29) is 37.0 Å². The number of anilines is 1. The first-order chi connectivity index (χ1) is 9.84. The molecule has 2 heterocycles. The van der Waals surface area contributed by atoms with Gasteiger partial charge in [0.15, 0.2) is 0 Å². The molecule has 1 unspecified atom stereocenters. The molecule has 1 aromatic rings. The average Bonchev–Trinajstić information content (AvgIpc) is 2.45. The molecule has 2 rings (SSSR count). The molecule has 1 aliphatic rings. The van der Waals surface area contributed by atoms with Gasteiger partial charge in [-0.25, -0.2) is 4.98 Å². The maximum absolute atomic E-state index is 12.8. The Labute approximate surface area is 118 Å². The molecule has 4 N–H and O–H groups in total. The molecule has 0 saturated carbocycles. The second-order valence-electron chi connectivity index (χ2n) is 4.58. The second-order valence-corrected chi connectivity index (χ2v) is 4.58. The lowest BCUT2D eigenvalue weighted by atomic mass is 10.1. The quantitative estimate of drug-likeness (QED) is 0.561.